The summed E-state index contributed by atoms with van der Waals surface area (Å²) in [6.45, 7) is 5.05. The molecule has 19 heavy (non-hydrogen) atoms. The topological polar surface area (TPSA) is 60.9 Å². The van der Waals surface area contributed by atoms with E-state index in [1.54, 1.807) is 11.8 Å². The van der Waals surface area contributed by atoms with Crippen LogP contribution in [0.5, 0.6) is 0 Å². The van der Waals surface area contributed by atoms with Crippen molar-refractivity contribution in [2.75, 3.05) is 12.9 Å². The Labute approximate surface area is 124 Å². The zero-order chi connectivity index (χ0) is 14.3. The van der Waals surface area contributed by atoms with E-state index in [0.29, 0.717) is 11.7 Å². The van der Waals surface area contributed by atoms with Gasteiger partial charge in [0.25, 0.3) is 0 Å². The zero-order valence-electron chi connectivity index (χ0n) is 11.9. The number of nitrogens with zero attached hydrogens (tertiary/aromatic N) is 1. The van der Waals surface area contributed by atoms with Crippen molar-refractivity contribution in [1.82, 2.24) is 15.3 Å². The van der Waals surface area contributed by atoms with Crippen LogP contribution in [0, 0.1) is 0 Å². The second-order valence-corrected chi connectivity index (χ2v) is 6.12. The summed E-state index contributed by atoms with van der Waals surface area (Å²) in [5.74, 6) is 0.958. The number of halogens is 1. The zero-order valence-corrected chi connectivity index (χ0v) is 13.4. The molecule has 0 aliphatic carbocycles. The first-order valence-corrected chi connectivity index (χ1v) is 8.39. The minimum atomic E-state index is 0.174. The van der Waals surface area contributed by atoms with Gasteiger partial charge in [-0.25, -0.2) is 4.98 Å². The summed E-state index contributed by atoms with van der Waals surface area (Å²) in [7, 11) is 0. The highest BCUT2D eigenvalue weighted by molar-refractivity contribution is 7.99. The van der Waals surface area contributed by atoms with E-state index in [1.807, 2.05) is 6.26 Å². The Morgan fingerprint density at radius 2 is 2.26 bits per heavy atom. The van der Waals surface area contributed by atoms with Gasteiger partial charge in [-0.2, -0.15) is 11.8 Å². The number of rotatable bonds is 9. The van der Waals surface area contributed by atoms with Gasteiger partial charge in [0, 0.05) is 24.3 Å². The molecule has 1 rings (SSSR count). The van der Waals surface area contributed by atoms with Crippen LogP contribution in [0.15, 0.2) is 0 Å². The van der Waals surface area contributed by atoms with Crippen LogP contribution in [0.1, 0.15) is 38.2 Å². The maximum Gasteiger partial charge on any atom is 0.151 e. The molecule has 0 aromatic carbocycles. The van der Waals surface area contributed by atoms with Crippen LogP contribution in [-0.2, 0) is 13.0 Å². The van der Waals surface area contributed by atoms with Gasteiger partial charge < -0.3 is 15.4 Å². The van der Waals surface area contributed by atoms with Crippen molar-refractivity contribution in [2.45, 2.75) is 50.9 Å². The number of aliphatic hydroxyl groups excluding tert-OH is 1. The standard InChI is InChI=1S/C13H24ClN3OS/c1-4-5-6-12-16-10(13(14)17-12)7-15-9(2)11(8-18)19-3/h9,11,15,18H,4-8H2,1-3H3,(H,16,17). The van der Waals surface area contributed by atoms with Crippen molar-refractivity contribution in [2.24, 2.45) is 0 Å². The summed E-state index contributed by atoms with van der Waals surface area (Å²) < 4.78 is 0. The van der Waals surface area contributed by atoms with Crippen LogP contribution in [0.25, 0.3) is 0 Å². The molecule has 0 aliphatic heterocycles. The maximum absolute atomic E-state index is 9.24. The first kappa shape index (κ1) is 16.8. The molecule has 4 nitrogen and oxygen atoms in total. The van der Waals surface area contributed by atoms with E-state index in [4.69, 9.17) is 11.6 Å². The molecule has 3 N–H and O–H groups in total. The monoisotopic (exact) mass is 305 g/mol. The van der Waals surface area contributed by atoms with E-state index >= 15 is 0 Å². The number of unbranched alkanes of at least 4 members (excludes halogenated alkanes) is 1. The number of hydrogen-bond donors (Lipinski definition) is 3. The highest BCUT2D eigenvalue weighted by Crippen LogP contribution is 2.15. The summed E-state index contributed by atoms with van der Waals surface area (Å²) in [4.78, 5) is 7.60. The van der Waals surface area contributed by atoms with Crippen molar-refractivity contribution < 1.29 is 5.11 Å². The first-order valence-electron chi connectivity index (χ1n) is 6.72. The summed E-state index contributed by atoms with van der Waals surface area (Å²) in [6, 6.07) is 0.221. The Kier molecular flexibility index (Phi) is 7.83. The molecule has 2 unspecified atom stereocenters. The Balaban J connectivity index is 2.50. The lowest BCUT2D eigenvalue weighted by atomic mass is 10.2. The number of aromatic nitrogens is 2. The van der Waals surface area contributed by atoms with Gasteiger partial charge in [0.15, 0.2) is 5.15 Å². The van der Waals surface area contributed by atoms with E-state index in [1.165, 1.54) is 0 Å². The van der Waals surface area contributed by atoms with Crippen LogP contribution in [0.3, 0.4) is 0 Å². The van der Waals surface area contributed by atoms with Crippen molar-refractivity contribution in [1.29, 1.82) is 0 Å². The average molecular weight is 306 g/mol. The molecule has 1 aromatic heterocycles. The summed E-state index contributed by atoms with van der Waals surface area (Å²) in [5, 5.41) is 13.4. The lowest BCUT2D eigenvalue weighted by molar-refractivity contribution is 0.275. The van der Waals surface area contributed by atoms with Crippen LogP contribution < -0.4 is 5.32 Å². The molecular formula is C13H24ClN3OS. The quantitative estimate of drug-likeness (QED) is 0.656. The molecule has 1 aromatic rings. The van der Waals surface area contributed by atoms with E-state index in [0.717, 1.165) is 30.8 Å². The first-order chi connectivity index (χ1) is 9.12. The Morgan fingerprint density at radius 3 is 2.84 bits per heavy atom. The van der Waals surface area contributed by atoms with Crippen LogP contribution in [0.2, 0.25) is 5.15 Å². The average Bonchev–Trinajstić information content (AvgIpc) is 2.76. The molecule has 0 saturated heterocycles. The van der Waals surface area contributed by atoms with Crippen molar-refractivity contribution >= 4 is 23.4 Å². The minimum Gasteiger partial charge on any atom is -0.395 e. The predicted octanol–water partition coefficient (Wildman–Crippen LogP) is 2.61. The lowest BCUT2D eigenvalue weighted by Crippen LogP contribution is -2.37. The molecule has 0 fully saturated rings. The molecule has 2 atom stereocenters. The van der Waals surface area contributed by atoms with Gasteiger partial charge in [0.05, 0.1) is 12.3 Å². The minimum absolute atomic E-state index is 0.174. The Morgan fingerprint density at radius 1 is 1.53 bits per heavy atom. The Hall–Kier alpha value is -0.230. The second kappa shape index (κ2) is 8.84. The number of hydrogen-bond acceptors (Lipinski definition) is 4. The third-order valence-corrected chi connectivity index (χ3v) is 4.66. The molecule has 110 valence electrons. The smallest absolute Gasteiger partial charge is 0.151 e. The molecular weight excluding hydrogens is 282 g/mol. The maximum atomic E-state index is 9.24. The summed E-state index contributed by atoms with van der Waals surface area (Å²) >= 11 is 7.78. The molecule has 6 heteroatoms. The van der Waals surface area contributed by atoms with E-state index in [9.17, 15) is 5.11 Å². The fourth-order valence-corrected chi connectivity index (χ4v) is 2.72. The number of imidazole rings is 1. The second-order valence-electron chi connectivity index (χ2n) is 4.68. The van der Waals surface area contributed by atoms with Gasteiger partial charge in [-0.1, -0.05) is 24.9 Å². The van der Waals surface area contributed by atoms with E-state index < -0.39 is 0 Å². The Bertz CT molecular complexity index is 369. The molecule has 0 spiro atoms. The normalized spacial score (nSPS) is 14.6. The fraction of sp³-hybridized carbons (Fsp3) is 0.769. The van der Waals surface area contributed by atoms with Crippen molar-refractivity contribution in [3.05, 3.63) is 16.7 Å². The molecule has 0 radical (unpaired) electrons. The number of nitrogens with one attached hydrogen (secondary N) is 2. The van der Waals surface area contributed by atoms with E-state index in [2.05, 4.69) is 29.1 Å². The van der Waals surface area contributed by atoms with Crippen LogP contribution in [0.4, 0.5) is 0 Å². The van der Waals surface area contributed by atoms with Gasteiger partial charge >= 0.3 is 0 Å². The third kappa shape index (κ3) is 5.34. The highest BCUT2D eigenvalue weighted by Gasteiger charge is 2.16. The van der Waals surface area contributed by atoms with Gasteiger partial charge in [0.1, 0.15) is 5.82 Å². The molecule has 0 amide bonds. The third-order valence-electron chi connectivity index (χ3n) is 3.19. The number of aryl methyl sites for hydroxylation is 1. The predicted molar refractivity (Wildman–Crippen MR) is 82.9 cm³/mol. The van der Waals surface area contributed by atoms with E-state index in [-0.39, 0.29) is 17.9 Å². The van der Waals surface area contributed by atoms with Gasteiger partial charge in [-0.05, 0) is 19.6 Å². The number of H-pyrrole nitrogens is 1. The highest BCUT2D eigenvalue weighted by atomic mass is 35.5. The van der Waals surface area contributed by atoms with Crippen molar-refractivity contribution in [3.8, 4) is 0 Å². The van der Waals surface area contributed by atoms with Crippen molar-refractivity contribution in [3.63, 3.8) is 0 Å². The van der Waals surface area contributed by atoms with Gasteiger partial charge in [0.2, 0.25) is 0 Å². The molecule has 0 bridgehead atoms. The molecule has 0 aliphatic rings. The van der Waals surface area contributed by atoms with Crippen LogP contribution >= 0.6 is 23.4 Å². The lowest BCUT2D eigenvalue weighted by Gasteiger charge is -2.21. The SMILES string of the molecule is CCCCc1nc(Cl)c(CNC(C)C(CO)SC)[nH]1. The molecule has 1 heterocycles. The number of thioether (sulfide) groups is 1. The largest absolute Gasteiger partial charge is 0.395 e. The molecule has 0 saturated carbocycles. The fourth-order valence-electron chi connectivity index (χ4n) is 1.85. The summed E-state index contributed by atoms with van der Waals surface area (Å²) in [6.07, 6.45) is 5.21. The number of aromatic amines is 1. The van der Waals surface area contributed by atoms with Gasteiger partial charge in [-0.15, -0.1) is 0 Å². The summed E-state index contributed by atoms with van der Waals surface area (Å²) in [5.41, 5.74) is 0.928. The number of aliphatic hydroxyl groups is 1. The van der Waals surface area contributed by atoms with Gasteiger partial charge in [-0.3, -0.25) is 0 Å². The van der Waals surface area contributed by atoms with Crippen LogP contribution in [-0.4, -0.2) is 39.2 Å².